The number of ether oxygens (including phenoxy) is 2. The van der Waals surface area contributed by atoms with Gasteiger partial charge in [0, 0.05) is 54.7 Å². The zero-order chi connectivity index (χ0) is 26.0. The predicted octanol–water partition coefficient (Wildman–Crippen LogP) is 3.70. The largest absolute Gasteiger partial charge is 0.496 e. The third-order valence-corrected chi connectivity index (χ3v) is 8.03. The lowest BCUT2D eigenvalue weighted by molar-refractivity contribution is -0.00570. The van der Waals surface area contributed by atoms with Crippen molar-refractivity contribution in [3.05, 3.63) is 64.2 Å². The first kappa shape index (κ1) is 22.8. The zero-order valence-electron chi connectivity index (χ0n) is 21.0. The lowest BCUT2D eigenvalue weighted by Gasteiger charge is -2.44. The molecule has 0 unspecified atom stereocenters. The summed E-state index contributed by atoms with van der Waals surface area (Å²) in [5.74, 6) is 1.55. The second kappa shape index (κ2) is 8.34. The number of methoxy groups -OCH3 is 1. The highest BCUT2D eigenvalue weighted by atomic mass is 16.5. The minimum atomic E-state index is -0.634. The van der Waals surface area contributed by atoms with Gasteiger partial charge in [0.05, 0.1) is 24.6 Å². The maximum atomic E-state index is 13.6. The van der Waals surface area contributed by atoms with Crippen molar-refractivity contribution in [2.24, 2.45) is 0 Å². The number of hydrogen-bond acceptors (Lipinski definition) is 6. The van der Waals surface area contributed by atoms with Crippen LogP contribution in [0.2, 0.25) is 0 Å². The van der Waals surface area contributed by atoms with E-state index in [9.17, 15) is 14.4 Å². The molecule has 10 heteroatoms. The van der Waals surface area contributed by atoms with Crippen LogP contribution >= 0.6 is 0 Å². The van der Waals surface area contributed by atoms with Gasteiger partial charge in [-0.25, -0.2) is 9.89 Å². The van der Waals surface area contributed by atoms with Crippen LogP contribution in [0.1, 0.15) is 58.9 Å². The van der Waals surface area contributed by atoms with Crippen molar-refractivity contribution in [2.75, 3.05) is 20.2 Å². The quantitative estimate of drug-likeness (QED) is 0.429. The second-order valence-electron chi connectivity index (χ2n) is 10.5. The fraction of sp³-hybridized carbons (Fsp3) is 0.357. The van der Waals surface area contributed by atoms with Crippen LogP contribution in [0.25, 0.3) is 22.3 Å². The number of piperidine rings is 1. The summed E-state index contributed by atoms with van der Waals surface area (Å²) in [7, 11) is 1.63. The lowest BCUT2D eigenvalue weighted by Crippen LogP contribution is -2.52. The van der Waals surface area contributed by atoms with E-state index >= 15 is 0 Å². The Morgan fingerprint density at radius 3 is 2.66 bits per heavy atom. The molecule has 194 valence electrons. The van der Waals surface area contributed by atoms with Crippen LogP contribution < -0.4 is 15.2 Å². The fourth-order valence-corrected chi connectivity index (χ4v) is 5.82. The van der Waals surface area contributed by atoms with Crippen molar-refractivity contribution >= 4 is 22.6 Å². The number of benzene rings is 2. The number of aromatic nitrogens is 4. The van der Waals surface area contributed by atoms with Gasteiger partial charge in [0.1, 0.15) is 17.1 Å². The Labute approximate surface area is 217 Å². The van der Waals surface area contributed by atoms with Gasteiger partial charge < -0.3 is 18.9 Å². The predicted molar refractivity (Wildman–Crippen MR) is 139 cm³/mol. The topological polar surface area (TPSA) is 122 Å². The molecule has 7 rings (SSSR count). The summed E-state index contributed by atoms with van der Waals surface area (Å²) >= 11 is 0. The summed E-state index contributed by atoms with van der Waals surface area (Å²) in [5.41, 5.74) is 1.72. The highest BCUT2D eigenvalue weighted by Crippen LogP contribution is 2.42. The molecular formula is C28H27N5O5. The Morgan fingerprint density at radius 2 is 1.95 bits per heavy atom. The molecule has 2 fully saturated rings. The van der Waals surface area contributed by atoms with Gasteiger partial charge in [-0.2, -0.15) is 5.10 Å². The SMILES string of the molecule is COc1cc(C(=O)N2CCC3(CC2)CC(=O)c2cc(-c4n[nH]c(=O)[nH]4)ccc2O3)cc2c1ccn2C1CC1. The van der Waals surface area contributed by atoms with E-state index in [2.05, 4.69) is 32.0 Å². The number of nitrogens with one attached hydrogen (secondary N) is 2. The van der Waals surface area contributed by atoms with Gasteiger partial charge in [0.2, 0.25) is 0 Å². The molecule has 38 heavy (non-hydrogen) atoms. The molecule has 1 saturated carbocycles. The number of hydrogen-bond donors (Lipinski definition) is 2. The molecule has 2 aromatic carbocycles. The number of nitrogens with zero attached hydrogens (tertiary/aromatic N) is 3. The molecule has 1 aliphatic carbocycles. The zero-order valence-corrected chi connectivity index (χ0v) is 21.0. The molecule has 1 spiro atoms. The maximum Gasteiger partial charge on any atom is 0.340 e. The molecule has 0 atom stereocenters. The normalized spacial score (nSPS) is 18.4. The van der Waals surface area contributed by atoms with Crippen molar-refractivity contribution in [3.63, 3.8) is 0 Å². The van der Waals surface area contributed by atoms with Gasteiger partial charge in [-0.15, -0.1) is 0 Å². The van der Waals surface area contributed by atoms with Crippen molar-refractivity contribution in [3.8, 4) is 22.9 Å². The number of carbonyl (C=O) groups is 2. The van der Waals surface area contributed by atoms with Gasteiger partial charge >= 0.3 is 5.69 Å². The first-order valence-electron chi connectivity index (χ1n) is 12.9. The van der Waals surface area contributed by atoms with Crippen molar-refractivity contribution in [1.82, 2.24) is 24.6 Å². The van der Waals surface area contributed by atoms with Crippen LogP contribution in [0, 0.1) is 0 Å². The van der Waals surface area contributed by atoms with Gasteiger partial charge in [0.25, 0.3) is 5.91 Å². The first-order chi connectivity index (χ1) is 18.4. The number of rotatable bonds is 4. The third-order valence-electron chi connectivity index (χ3n) is 8.03. The van der Waals surface area contributed by atoms with Gasteiger partial charge in [-0.05, 0) is 49.2 Å². The number of likely N-dealkylation sites (tertiary alicyclic amines) is 1. The first-order valence-corrected chi connectivity index (χ1v) is 12.9. The Kier molecular flexibility index (Phi) is 5.01. The van der Waals surface area contributed by atoms with Gasteiger partial charge in [0.15, 0.2) is 11.6 Å². The number of Topliss-reactive ketones (excluding diaryl/α,β-unsaturated/α-hetero) is 1. The second-order valence-corrected chi connectivity index (χ2v) is 10.5. The van der Waals surface area contributed by atoms with Crippen LogP contribution in [0.4, 0.5) is 0 Å². The fourth-order valence-electron chi connectivity index (χ4n) is 5.82. The van der Waals surface area contributed by atoms with E-state index in [1.807, 2.05) is 17.0 Å². The third kappa shape index (κ3) is 3.70. The summed E-state index contributed by atoms with van der Waals surface area (Å²) in [5, 5.41) is 7.30. The molecule has 4 heterocycles. The molecule has 0 bridgehead atoms. The number of H-pyrrole nitrogens is 2. The lowest BCUT2D eigenvalue weighted by atomic mass is 9.82. The van der Waals surface area contributed by atoms with Crippen LogP contribution in [0.15, 0.2) is 47.4 Å². The summed E-state index contributed by atoms with van der Waals surface area (Å²) in [6.45, 7) is 0.996. The van der Waals surface area contributed by atoms with E-state index in [4.69, 9.17) is 9.47 Å². The van der Waals surface area contributed by atoms with E-state index in [0.29, 0.717) is 66.0 Å². The number of amides is 1. The average Bonchev–Trinajstić information content (AvgIpc) is 3.53. The van der Waals surface area contributed by atoms with Crippen molar-refractivity contribution in [1.29, 1.82) is 0 Å². The van der Waals surface area contributed by atoms with Crippen LogP contribution in [0.5, 0.6) is 11.5 Å². The Balaban J connectivity index is 1.10. The number of carbonyl (C=O) groups excluding carboxylic acids is 2. The van der Waals surface area contributed by atoms with Crippen molar-refractivity contribution in [2.45, 2.75) is 43.7 Å². The summed E-state index contributed by atoms with van der Waals surface area (Å²) in [4.78, 5) is 42.6. The van der Waals surface area contributed by atoms with E-state index in [1.54, 1.807) is 25.3 Å². The summed E-state index contributed by atoms with van der Waals surface area (Å²) in [6, 6.07) is 11.6. The molecule has 2 N–H and O–H groups in total. The van der Waals surface area contributed by atoms with Crippen LogP contribution in [-0.2, 0) is 0 Å². The molecule has 2 aromatic heterocycles. The van der Waals surface area contributed by atoms with Gasteiger partial charge in [-0.3, -0.25) is 14.6 Å². The Hall–Kier alpha value is -4.34. The molecule has 3 aliphatic rings. The van der Waals surface area contributed by atoms with E-state index < -0.39 is 11.3 Å². The average molecular weight is 514 g/mol. The van der Waals surface area contributed by atoms with E-state index in [-0.39, 0.29) is 18.1 Å². The molecule has 0 radical (unpaired) electrons. The number of fused-ring (bicyclic) bond motifs is 2. The minimum Gasteiger partial charge on any atom is -0.496 e. The smallest absolute Gasteiger partial charge is 0.340 e. The molecule has 4 aromatic rings. The number of aromatic amines is 2. The maximum absolute atomic E-state index is 13.6. The highest BCUT2D eigenvalue weighted by Gasteiger charge is 2.44. The molecule has 1 amide bonds. The molecule has 2 aliphatic heterocycles. The highest BCUT2D eigenvalue weighted by molar-refractivity contribution is 6.02. The minimum absolute atomic E-state index is 0.0122. The van der Waals surface area contributed by atoms with Crippen molar-refractivity contribution < 1.29 is 19.1 Å². The Bertz CT molecular complexity index is 1650. The Morgan fingerprint density at radius 1 is 1.13 bits per heavy atom. The van der Waals surface area contributed by atoms with E-state index in [0.717, 1.165) is 23.7 Å². The monoisotopic (exact) mass is 513 g/mol. The van der Waals surface area contributed by atoms with Crippen LogP contribution in [0.3, 0.4) is 0 Å². The molecule has 1 saturated heterocycles. The number of ketones is 1. The summed E-state index contributed by atoms with van der Waals surface area (Å²) in [6.07, 6.45) is 5.77. The van der Waals surface area contributed by atoms with E-state index in [1.165, 1.54) is 0 Å². The summed E-state index contributed by atoms with van der Waals surface area (Å²) < 4.78 is 14.3. The standard InChI is InChI=1S/C28H27N5O5/c1-37-24-14-17(13-21-19(24)6-9-33(21)18-3-4-18)26(35)32-10-7-28(8-11-32)15-22(34)20-12-16(2-5-23(20)38-28)25-29-27(36)31-30-25/h2,5-6,9,12-14,18H,3-4,7-8,10-11,15H2,1H3,(H2,29,30,31,36). The molecule has 10 nitrogen and oxygen atoms in total. The van der Waals surface area contributed by atoms with Crippen LogP contribution in [-0.4, -0.2) is 62.1 Å². The van der Waals surface area contributed by atoms with Gasteiger partial charge in [-0.1, -0.05) is 0 Å². The molecular weight excluding hydrogens is 486 g/mol.